The van der Waals surface area contributed by atoms with E-state index in [0.29, 0.717) is 0 Å². The molecule has 1 heterocycles. The van der Waals surface area contributed by atoms with Gasteiger partial charge in [0.15, 0.2) is 0 Å². The highest BCUT2D eigenvalue weighted by Gasteiger charge is 2.37. The SMILES string of the molecule is CCCCCC/C=C/C(CCCCCCCCC)C1CC(=O)OC1=O. The molecule has 3 heteroatoms. The molecule has 0 aliphatic carbocycles. The molecule has 0 aromatic carbocycles. The number of cyclic esters (lactones) is 2. The molecule has 0 radical (unpaired) electrons. The molecule has 1 aliphatic rings. The first kappa shape index (κ1) is 21.9. The lowest BCUT2D eigenvalue weighted by atomic mass is 9.86. The maximum absolute atomic E-state index is 11.9. The fourth-order valence-electron chi connectivity index (χ4n) is 3.55. The lowest BCUT2D eigenvalue weighted by Gasteiger charge is -2.16. The van der Waals surface area contributed by atoms with Crippen molar-refractivity contribution in [2.45, 2.75) is 104 Å². The Labute approximate surface area is 154 Å². The van der Waals surface area contributed by atoms with E-state index in [4.69, 9.17) is 4.74 Å². The molecule has 3 nitrogen and oxygen atoms in total. The second-order valence-electron chi connectivity index (χ2n) is 7.46. The van der Waals surface area contributed by atoms with Crippen LogP contribution < -0.4 is 0 Å². The number of carbonyl (C=O) groups is 2. The van der Waals surface area contributed by atoms with E-state index in [-0.39, 0.29) is 30.2 Å². The molecule has 144 valence electrons. The van der Waals surface area contributed by atoms with Crippen molar-refractivity contribution in [3.05, 3.63) is 12.2 Å². The number of ether oxygens (including phenoxy) is 1. The summed E-state index contributed by atoms with van der Waals surface area (Å²) in [5.74, 6) is -0.746. The number of rotatable bonds is 15. The predicted molar refractivity (Wildman–Crippen MR) is 103 cm³/mol. The average Bonchev–Trinajstić information content (AvgIpc) is 2.93. The van der Waals surface area contributed by atoms with Gasteiger partial charge in [0.1, 0.15) is 0 Å². The van der Waals surface area contributed by atoms with Crippen molar-refractivity contribution in [1.29, 1.82) is 0 Å². The average molecular weight is 351 g/mol. The number of hydrogen-bond acceptors (Lipinski definition) is 3. The summed E-state index contributed by atoms with van der Waals surface area (Å²) in [5.41, 5.74) is 0. The minimum atomic E-state index is -0.351. The summed E-state index contributed by atoms with van der Waals surface area (Å²) < 4.78 is 4.77. The third kappa shape index (κ3) is 9.81. The molecule has 0 N–H and O–H groups in total. The van der Waals surface area contributed by atoms with Crippen molar-refractivity contribution in [1.82, 2.24) is 0 Å². The zero-order valence-electron chi connectivity index (χ0n) is 16.4. The van der Waals surface area contributed by atoms with Gasteiger partial charge in [-0.2, -0.15) is 0 Å². The molecule has 0 spiro atoms. The van der Waals surface area contributed by atoms with E-state index in [1.54, 1.807) is 0 Å². The van der Waals surface area contributed by atoms with Gasteiger partial charge in [-0.3, -0.25) is 9.59 Å². The van der Waals surface area contributed by atoms with Gasteiger partial charge in [0.25, 0.3) is 0 Å². The molecule has 1 fully saturated rings. The van der Waals surface area contributed by atoms with Crippen LogP contribution in [0.25, 0.3) is 0 Å². The Morgan fingerprint density at radius 3 is 2.12 bits per heavy atom. The molecular formula is C22H38O3. The molecule has 0 saturated carbocycles. The Morgan fingerprint density at radius 2 is 1.52 bits per heavy atom. The number of carbonyl (C=O) groups excluding carboxylic acids is 2. The zero-order valence-corrected chi connectivity index (χ0v) is 16.4. The zero-order chi connectivity index (χ0) is 18.3. The van der Waals surface area contributed by atoms with Crippen molar-refractivity contribution in [3.63, 3.8) is 0 Å². The van der Waals surface area contributed by atoms with E-state index >= 15 is 0 Å². The molecule has 0 bridgehead atoms. The van der Waals surface area contributed by atoms with Crippen LogP contribution in [-0.2, 0) is 14.3 Å². The van der Waals surface area contributed by atoms with Gasteiger partial charge in [0.2, 0.25) is 0 Å². The van der Waals surface area contributed by atoms with Gasteiger partial charge < -0.3 is 4.74 Å². The smallest absolute Gasteiger partial charge is 0.317 e. The van der Waals surface area contributed by atoms with Gasteiger partial charge in [0, 0.05) is 0 Å². The summed E-state index contributed by atoms with van der Waals surface area (Å²) in [6, 6.07) is 0. The van der Waals surface area contributed by atoms with E-state index in [2.05, 4.69) is 26.0 Å². The Kier molecular flexibility index (Phi) is 12.4. The molecular weight excluding hydrogens is 312 g/mol. The highest BCUT2D eigenvalue weighted by atomic mass is 16.6. The highest BCUT2D eigenvalue weighted by molar-refractivity contribution is 5.94. The molecule has 2 unspecified atom stereocenters. The predicted octanol–water partition coefficient (Wildman–Crippen LogP) is 6.36. The third-order valence-electron chi connectivity index (χ3n) is 5.17. The second-order valence-corrected chi connectivity index (χ2v) is 7.46. The Morgan fingerprint density at radius 1 is 0.920 bits per heavy atom. The molecule has 0 aromatic heterocycles. The van der Waals surface area contributed by atoms with E-state index in [9.17, 15) is 9.59 Å². The number of unbranched alkanes of at least 4 members (excludes halogenated alkanes) is 10. The lowest BCUT2D eigenvalue weighted by Crippen LogP contribution is -2.18. The van der Waals surface area contributed by atoms with Gasteiger partial charge in [-0.15, -0.1) is 0 Å². The van der Waals surface area contributed by atoms with E-state index in [1.807, 2.05) is 0 Å². The van der Waals surface area contributed by atoms with Crippen molar-refractivity contribution in [2.24, 2.45) is 11.8 Å². The normalized spacial score (nSPS) is 18.9. The summed E-state index contributed by atoms with van der Waals surface area (Å²) in [5, 5.41) is 0. The number of hydrogen-bond donors (Lipinski definition) is 0. The van der Waals surface area contributed by atoms with Crippen molar-refractivity contribution >= 4 is 11.9 Å². The first-order valence-electron chi connectivity index (χ1n) is 10.6. The quantitative estimate of drug-likeness (QED) is 0.149. The summed E-state index contributed by atoms with van der Waals surface area (Å²) in [6.07, 6.45) is 20.7. The highest BCUT2D eigenvalue weighted by Crippen LogP contribution is 2.30. The standard InChI is InChI=1S/C22H38O3/c1-3-5-7-9-11-13-15-17-19(16-14-12-10-8-6-4-2)20-18-21(23)25-22(20)24/h14,16,19-20H,3-13,15,17-18H2,1-2H3/b16-14+. The lowest BCUT2D eigenvalue weighted by molar-refractivity contribution is -0.153. The molecule has 0 aromatic rings. The van der Waals surface area contributed by atoms with Gasteiger partial charge in [0.05, 0.1) is 12.3 Å². The van der Waals surface area contributed by atoms with Gasteiger partial charge in [-0.25, -0.2) is 0 Å². The van der Waals surface area contributed by atoms with Gasteiger partial charge >= 0.3 is 11.9 Å². The van der Waals surface area contributed by atoms with Crippen LogP contribution in [0, 0.1) is 11.8 Å². The Balaban J connectivity index is 2.36. The maximum Gasteiger partial charge on any atom is 0.317 e. The third-order valence-corrected chi connectivity index (χ3v) is 5.17. The molecule has 1 saturated heterocycles. The first-order valence-corrected chi connectivity index (χ1v) is 10.6. The maximum atomic E-state index is 11.9. The van der Waals surface area contributed by atoms with Crippen LogP contribution in [-0.4, -0.2) is 11.9 Å². The van der Waals surface area contributed by atoms with Gasteiger partial charge in [-0.05, 0) is 25.2 Å². The van der Waals surface area contributed by atoms with E-state index < -0.39 is 0 Å². The van der Waals surface area contributed by atoms with Crippen LogP contribution in [0.15, 0.2) is 12.2 Å². The topological polar surface area (TPSA) is 43.4 Å². The van der Waals surface area contributed by atoms with E-state index in [0.717, 1.165) is 19.3 Å². The molecule has 2 atom stereocenters. The number of allylic oxidation sites excluding steroid dienone is 2. The summed E-state index contributed by atoms with van der Waals surface area (Å²) in [6.45, 7) is 4.46. The van der Waals surface area contributed by atoms with Gasteiger partial charge in [-0.1, -0.05) is 90.2 Å². The van der Waals surface area contributed by atoms with Crippen molar-refractivity contribution < 1.29 is 14.3 Å². The second kappa shape index (κ2) is 14.1. The Hall–Kier alpha value is -1.12. The minimum absolute atomic E-state index is 0.167. The minimum Gasteiger partial charge on any atom is -0.393 e. The van der Waals surface area contributed by atoms with Crippen molar-refractivity contribution in [2.75, 3.05) is 0 Å². The fraction of sp³-hybridized carbons (Fsp3) is 0.818. The summed E-state index contributed by atoms with van der Waals surface area (Å²) >= 11 is 0. The van der Waals surface area contributed by atoms with Crippen LogP contribution in [0.1, 0.15) is 104 Å². The molecule has 1 rings (SSSR count). The molecule has 25 heavy (non-hydrogen) atoms. The first-order chi connectivity index (χ1) is 12.2. The van der Waals surface area contributed by atoms with Crippen LogP contribution in [0.3, 0.4) is 0 Å². The molecule has 1 aliphatic heterocycles. The molecule has 0 amide bonds. The monoisotopic (exact) mass is 350 g/mol. The number of esters is 2. The van der Waals surface area contributed by atoms with E-state index in [1.165, 1.54) is 64.2 Å². The fourth-order valence-corrected chi connectivity index (χ4v) is 3.55. The van der Waals surface area contributed by atoms with Crippen LogP contribution in [0.2, 0.25) is 0 Å². The summed E-state index contributed by atoms with van der Waals surface area (Å²) in [7, 11) is 0. The van der Waals surface area contributed by atoms with Crippen LogP contribution in [0.5, 0.6) is 0 Å². The largest absolute Gasteiger partial charge is 0.393 e. The van der Waals surface area contributed by atoms with Crippen molar-refractivity contribution in [3.8, 4) is 0 Å². The van der Waals surface area contributed by atoms with Crippen LogP contribution in [0.4, 0.5) is 0 Å². The van der Waals surface area contributed by atoms with Crippen LogP contribution >= 0.6 is 0 Å². The summed E-state index contributed by atoms with van der Waals surface area (Å²) in [4.78, 5) is 23.4. The Bertz CT molecular complexity index is 400.